The number of aliphatic hydroxyl groups is 1. The maximum Gasteiger partial charge on any atom is 0.420 e. The Morgan fingerprint density at radius 2 is 1.78 bits per heavy atom. The average molecular weight is 379 g/mol. The highest BCUT2D eigenvalue weighted by Crippen LogP contribution is 2.67. The van der Waals surface area contributed by atoms with E-state index in [4.69, 9.17) is 5.26 Å². The molecule has 0 saturated heterocycles. The van der Waals surface area contributed by atoms with Gasteiger partial charge in [-0.1, -0.05) is 25.0 Å². The fourth-order valence-electron chi connectivity index (χ4n) is 7.11. The molecule has 4 rings (SSSR count). The lowest BCUT2D eigenvalue weighted by Crippen LogP contribution is -2.54. The third-order valence-electron chi connectivity index (χ3n) is 8.75. The zero-order chi connectivity index (χ0) is 19.7. The summed E-state index contributed by atoms with van der Waals surface area (Å²) in [5.74, 6) is 1.42. The Labute approximate surface area is 159 Å². The molecule has 6 unspecified atom stereocenters. The molecule has 1 N–H and O–H groups in total. The predicted molar refractivity (Wildman–Crippen MR) is 96.4 cm³/mol. The molecular formula is C22H28F3NO. The Morgan fingerprint density at radius 3 is 2.44 bits per heavy atom. The number of hydrogen-bond acceptors (Lipinski definition) is 2. The second kappa shape index (κ2) is 5.86. The topological polar surface area (TPSA) is 44.0 Å². The van der Waals surface area contributed by atoms with Crippen LogP contribution in [-0.2, 0) is 0 Å². The third kappa shape index (κ3) is 2.55. The Bertz CT molecular complexity index is 748. The summed E-state index contributed by atoms with van der Waals surface area (Å²) in [5.41, 5.74) is -0.716. The molecular weight excluding hydrogens is 351 g/mol. The van der Waals surface area contributed by atoms with Crippen LogP contribution in [0.25, 0.3) is 0 Å². The van der Waals surface area contributed by atoms with E-state index in [2.05, 4.69) is 19.9 Å². The van der Waals surface area contributed by atoms with Gasteiger partial charge in [0.05, 0.1) is 6.07 Å². The fourth-order valence-corrected chi connectivity index (χ4v) is 7.11. The van der Waals surface area contributed by atoms with Gasteiger partial charge in [-0.2, -0.15) is 18.4 Å². The second-order valence-electron chi connectivity index (χ2n) is 9.72. The smallest absolute Gasteiger partial charge is 0.377 e. The van der Waals surface area contributed by atoms with E-state index in [0.717, 1.165) is 43.8 Å². The van der Waals surface area contributed by atoms with Crippen molar-refractivity contribution in [3.05, 3.63) is 23.3 Å². The standard InChI is InChI=1S/C22H28F3NO/c1-19-9-7-18-16(17(19)6-4-14(19)8-12-26)5-3-15-13-21(27,22(23,24)25)11-10-20(15,18)2/h8,13,16-18,27H,3-7,9-11H2,1-2H3. The summed E-state index contributed by atoms with van der Waals surface area (Å²) in [6.45, 7) is 4.43. The van der Waals surface area contributed by atoms with E-state index in [1.807, 2.05) is 0 Å². The van der Waals surface area contributed by atoms with Gasteiger partial charge in [-0.15, -0.1) is 0 Å². The van der Waals surface area contributed by atoms with Gasteiger partial charge in [0.2, 0.25) is 0 Å². The van der Waals surface area contributed by atoms with Crippen LogP contribution < -0.4 is 0 Å². The summed E-state index contributed by atoms with van der Waals surface area (Å²) in [7, 11) is 0. The van der Waals surface area contributed by atoms with Gasteiger partial charge in [-0.05, 0) is 86.0 Å². The van der Waals surface area contributed by atoms with Gasteiger partial charge in [0.25, 0.3) is 0 Å². The van der Waals surface area contributed by atoms with Crippen molar-refractivity contribution in [2.24, 2.45) is 28.6 Å². The number of halogens is 3. The molecule has 0 aromatic heterocycles. The van der Waals surface area contributed by atoms with E-state index in [1.54, 1.807) is 6.08 Å². The molecule has 4 aliphatic carbocycles. The lowest BCUT2D eigenvalue weighted by atomic mass is 9.46. The van der Waals surface area contributed by atoms with Crippen LogP contribution in [0.15, 0.2) is 23.3 Å². The van der Waals surface area contributed by atoms with Crippen LogP contribution in [0.4, 0.5) is 13.2 Å². The van der Waals surface area contributed by atoms with Crippen molar-refractivity contribution in [1.29, 1.82) is 5.26 Å². The zero-order valence-corrected chi connectivity index (χ0v) is 16.1. The van der Waals surface area contributed by atoms with Gasteiger partial charge < -0.3 is 5.11 Å². The highest BCUT2D eigenvalue weighted by molar-refractivity contribution is 5.32. The van der Waals surface area contributed by atoms with Crippen LogP contribution in [0.1, 0.15) is 65.2 Å². The molecule has 0 amide bonds. The van der Waals surface area contributed by atoms with E-state index >= 15 is 0 Å². The first-order chi connectivity index (χ1) is 12.6. The number of rotatable bonds is 0. The van der Waals surface area contributed by atoms with E-state index < -0.39 is 11.8 Å². The highest BCUT2D eigenvalue weighted by Gasteiger charge is 2.61. The first-order valence-electron chi connectivity index (χ1n) is 10.2. The van der Waals surface area contributed by atoms with Crippen LogP contribution in [0.5, 0.6) is 0 Å². The maximum absolute atomic E-state index is 13.4. The van der Waals surface area contributed by atoms with Gasteiger partial charge in [-0.25, -0.2) is 0 Å². The molecule has 0 bridgehead atoms. The molecule has 5 heteroatoms. The molecule has 0 heterocycles. The van der Waals surface area contributed by atoms with Crippen molar-refractivity contribution in [1.82, 2.24) is 0 Å². The number of alkyl halides is 3. The molecule has 0 aromatic carbocycles. The van der Waals surface area contributed by atoms with Crippen molar-refractivity contribution in [3.63, 3.8) is 0 Å². The Kier molecular flexibility index (Phi) is 4.14. The van der Waals surface area contributed by atoms with Crippen molar-refractivity contribution in [3.8, 4) is 6.07 Å². The summed E-state index contributed by atoms with van der Waals surface area (Å²) in [5, 5.41) is 19.3. The number of hydrogen-bond donors (Lipinski definition) is 1. The zero-order valence-electron chi connectivity index (χ0n) is 16.1. The molecule has 2 nitrogen and oxygen atoms in total. The Balaban J connectivity index is 1.66. The van der Waals surface area contributed by atoms with Gasteiger partial charge in [0.15, 0.2) is 5.60 Å². The normalized spacial score (nSPS) is 48.3. The van der Waals surface area contributed by atoms with Gasteiger partial charge in [0.1, 0.15) is 0 Å². The summed E-state index contributed by atoms with van der Waals surface area (Å²) >= 11 is 0. The van der Waals surface area contributed by atoms with Gasteiger partial charge in [-0.3, -0.25) is 0 Å². The predicted octanol–water partition coefficient (Wildman–Crippen LogP) is 5.69. The minimum Gasteiger partial charge on any atom is -0.377 e. The molecule has 6 atom stereocenters. The first kappa shape index (κ1) is 19.1. The second-order valence-corrected chi connectivity index (χ2v) is 9.72. The van der Waals surface area contributed by atoms with Gasteiger partial charge >= 0.3 is 6.18 Å². The molecule has 0 aromatic rings. The maximum atomic E-state index is 13.4. The molecule has 27 heavy (non-hydrogen) atoms. The number of allylic oxidation sites excluding steroid dienone is 3. The van der Waals surface area contributed by atoms with Crippen molar-refractivity contribution in [2.75, 3.05) is 0 Å². The molecule has 0 radical (unpaired) electrons. The first-order valence-corrected chi connectivity index (χ1v) is 10.2. The fraction of sp³-hybridized carbons (Fsp3) is 0.773. The Hall–Kier alpha value is -1.28. The van der Waals surface area contributed by atoms with E-state index in [-0.39, 0.29) is 17.3 Å². The van der Waals surface area contributed by atoms with Crippen LogP contribution in [0, 0.1) is 39.9 Å². The molecule has 4 aliphatic rings. The van der Waals surface area contributed by atoms with Crippen LogP contribution in [0.3, 0.4) is 0 Å². The average Bonchev–Trinajstić information content (AvgIpc) is 2.92. The summed E-state index contributed by atoms with van der Waals surface area (Å²) in [4.78, 5) is 0. The molecule has 0 spiro atoms. The third-order valence-corrected chi connectivity index (χ3v) is 8.75. The minimum absolute atomic E-state index is 0.0792. The Morgan fingerprint density at radius 1 is 1.07 bits per heavy atom. The van der Waals surface area contributed by atoms with Crippen LogP contribution >= 0.6 is 0 Å². The van der Waals surface area contributed by atoms with Gasteiger partial charge in [0, 0.05) is 6.08 Å². The van der Waals surface area contributed by atoms with Crippen molar-refractivity contribution in [2.45, 2.75) is 77.0 Å². The largest absolute Gasteiger partial charge is 0.420 e. The molecule has 148 valence electrons. The van der Waals surface area contributed by atoms with Crippen molar-refractivity contribution >= 4 is 0 Å². The lowest BCUT2D eigenvalue weighted by molar-refractivity contribution is -0.247. The van der Waals surface area contributed by atoms with Crippen LogP contribution in [0.2, 0.25) is 0 Å². The number of nitriles is 1. The summed E-state index contributed by atoms with van der Waals surface area (Å²) in [6.07, 6.45) is 4.10. The van der Waals surface area contributed by atoms with E-state index in [1.165, 1.54) is 5.57 Å². The molecule has 3 fully saturated rings. The number of fused-ring (bicyclic) bond motifs is 5. The monoisotopic (exact) mass is 379 g/mol. The lowest BCUT2D eigenvalue weighted by Gasteiger charge is -2.58. The molecule has 3 saturated carbocycles. The van der Waals surface area contributed by atoms with Crippen molar-refractivity contribution < 1.29 is 18.3 Å². The van der Waals surface area contributed by atoms with Crippen LogP contribution in [-0.4, -0.2) is 16.9 Å². The minimum atomic E-state index is -4.61. The highest BCUT2D eigenvalue weighted by atomic mass is 19.4. The summed E-state index contributed by atoms with van der Waals surface area (Å²) in [6, 6.07) is 2.21. The van der Waals surface area contributed by atoms with E-state index in [0.29, 0.717) is 30.6 Å². The quantitative estimate of drug-likeness (QED) is 0.434. The SMILES string of the molecule is CC12CCC3C(CCC4=CC(O)(C(F)(F)F)CCC43C)C1CCC2=CC#N. The summed E-state index contributed by atoms with van der Waals surface area (Å²) < 4.78 is 40.1. The number of nitrogens with zero attached hydrogens (tertiary/aromatic N) is 1. The van der Waals surface area contributed by atoms with E-state index in [9.17, 15) is 18.3 Å². The molecule has 0 aliphatic heterocycles.